The second-order valence-corrected chi connectivity index (χ2v) is 5.18. The Kier molecular flexibility index (Phi) is 5.07. The Morgan fingerprint density at radius 2 is 1.44 bits per heavy atom. The highest BCUT2D eigenvalue weighted by Gasteiger charge is 2.19. The van der Waals surface area contributed by atoms with Gasteiger partial charge in [-0.15, -0.1) is 0 Å². The first-order valence-electron chi connectivity index (χ1n) is 6.86. The molecule has 0 unspecified atom stereocenters. The molecule has 0 aliphatic carbocycles. The van der Waals surface area contributed by atoms with E-state index >= 15 is 0 Å². The molecule has 0 saturated carbocycles. The minimum atomic E-state index is 0.520. The van der Waals surface area contributed by atoms with Crippen molar-refractivity contribution in [1.82, 2.24) is 9.80 Å². The van der Waals surface area contributed by atoms with Crippen molar-refractivity contribution in [3.63, 3.8) is 0 Å². The van der Waals surface area contributed by atoms with Gasteiger partial charge >= 0.3 is 0 Å². The van der Waals surface area contributed by atoms with Crippen LogP contribution in [0.2, 0.25) is 0 Å². The Balaban J connectivity index is 1.59. The summed E-state index contributed by atoms with van der Waals surface area (Å²) in [5.74, 6) is 0. The average molecular weight is 226 g/mol. The molecule has 0 N–H and O–H groups in total. The van der Waals surface area contributed by atoms with Crippen LogP contribution < -0.4 is 0 Å². The van der Waals surface area contributed by atoms with Crippen molar-refractivity contribution in [3.8, 4) is 0 Å². The average Bonchev–Trinajstić information content (AvgIpc) is 2.38. The lowest BCUT2D eigenvalue weighted by molar-refractivity contribution is 0.0376. The van der Waals surface area contributed by atoms with Crippen molar-refractivity contribution in [2.24, 2.45) is 0 Å². The molecule has 0 spiro atoms. The van der Waals surface area contributed by atoms with Crippen LogP contribution in [0.3, 0.4) is 0 Å². The topological polar surface area (TPSA) is 15.7 Å². The van der Waals surface area contributed by atoms with Gasteiger partial charge in [0.15, 0.2) is 0 Å². The maximum absolute atomic E-state index is 5.40. The van der Waals surface area contributed by atoms with E-state index in [1.54, 1.807) is 0 Å². The Hall–Kier alpha value is -0.120. The third-order valence-corrected chi connectivity index (χ3v) is 4.05. The highest BCUT2D eigenvalue weighted by molar-refractivity contribution is 4.74. The Labute approximate surface area is 99.7 Å². The van der Waals surface area contributed by atoms with E-state index in [0.29, 0.717) is 6.10 Å². The summed E-state index contributed by atoms with van der Waals surface area (Å²) in [6.45, 7) is 7.65. The predicted octanol–water partition coefficient (Wildman–Crippen LogP) is 1.58. The van der Waals surface area contributed by atoms with Gasteiger partial charge in [0, 0.05) is 33.3 Å². The summed E-state index contributed by atoms with van der Waals surface area (Å²) >= 11 is 0. The van der Waals surface area contributed by atoms with Crippen LogP contribution in [0.4, 0.5) is 0 Å². The highest BCUT2D eigenvalue weighted by atomic mass is 16.5. The van der Waals surface area contributed by atoms with E-state index in [4.69, 9.17) is 4.74 Å². The SMILES string of the molecule is COC1CCN(CCN2CCCCC2)CC1. The minimum Gasteiger partial charge on any atom is -0.381 e. The molecular formula is C13H26N2O. The van der Waals surface area contributed by atoms with Crippen LogP contribution in [0.25, 0.3) is 0 Å². The number of likely N-dealkylation sites (tertiary alicyclic amines) is 2. The molecule has 94 valence electrons. The normalized spacial score (nSPS) is 26.1. The standard InChI is InChI=1S/C13H26N2O/c1-16-13-5-9-15(10-6-13)12-11-14-7-3-2-4-8-14/h13H,2-12H2,1H3. The Morgan fingerprint density at radius 1 is 0.875 bits per heavy atom. The smallest absolute Gasteiger partial charge is 0.0595 e. The maximum Gasteiger partial charge on any atom is 0.0595 e. The maximum atomic E-state index is 5.40. The van der Waals surface area contributed by atoms with Gasteiger partial charge in [0.25, 0.3) is 0 Å². The molecule has 0 aromatic heterocycles. The van der Waals surface area contributed by atoms with E-state index in [2.05, 4.69) is 9.80 Å². The summed E-state index contributed by atoms with van der Waals surface area (Å²) in [4.78, 5) is 5.23. The van der Waals surface area contributed by atoms with Gasteiger partial charge in [0.1, 0.15) is 0 Å². The van der Waals surface area contributed by atoms with Crippen molar-refractivity contribution in [1.29, 1.82) is 0 Å². The number of rotatable bonds is 4. The highest BCUT2D eigenvalue weighted by Crippen LogP contribution is 2.13. The molecule has 3 heteroatoms. The van der Waals surface area contributed by atoms with Crippen molar-refractivity contribution < 1.29 is 4.74 Å². The van der Waals surface area contributed by atoms with Crippen LogP contribution in [-0.4, -0.2) is 62.3 Å². The molecule has 3 nitrogen and oxygen atoms in total. The number of nitrogens with zero attached hydrogens (tertiary/aromatic N) is 2. The van der Waals surface area contributed by atoms with Gasteiger partial charge < -0.3 is 14.5 Å². The van der Waals surface area contributed by atoms with Crippen LogP contribution >= 0.6 is 0 Å². The lowest BCUT2D eigenvalue weighted by Gasteiger charge is -2.34. The molecule has 0 aromatic rings. The van der Waals surface area contributed by atoms with Gasteiger partial charge in [-0.05, 0) is 38.8 Å². The summed E-state index contributed by atoms with van der Waals surface area (Å²) in [6.07, 6.45) is 7.21. The molecule has 2 saturated heterocycles. The molecule has 2 aliphatic rings. The van der Waals surface area contributed by atoms with E-state index in [1.807, 2.05) is 7.11 Å². The molecule has 0 atom stereocenters. The molecule has 0 radical (unpaired) electrons. The van der Waals surface area contributed by atoms with Crippen molar-refractivity contribution in [2.75, 3.05) is 46.4 Å². The summed E-state index contributed by atoms with van der Waals surface area (Å²) in [5, 5.41) is 0. The number of hydrogen-bond donors (Lipinski definition) is 0. The number of piperidine rings is 2. The zero-order chi connectivity index (χ0) is 11.2. The van der Waals surface area contributed by atoms with Crippen LogP contribution in [-0.2, 0) is 4.74 Å². The summed E-state index contributed by atoms with van der Waals surface area (Å²) in [5.41, 5.74) is 0. The van der Waals surface area contributed by atoms with Gasteiger partial charge in [-0.2, -0.15) is 0 Å². The first kappa shape index (κ1) is 12.3. The molecule has 0 amide bonds. The monoisotopic (exact) mass is 226 g/mol. The molecule has 0 aromatic carbocycles. The zero-order valence-corrected chi connectivity index (χ0v) is 10.7. The zero-order valence-electron chi connectivity index (χ0n) is 10.7. The third kappa shape index (κ3) is 3.72. The van der Waals surface area contributed by atoms with E-state index in [-0.39, 0.29) is 0 Å². The first-order chi connectivity index (χ1) is 7.88. The number of hydrogen-bond acceptors (Lipinski definition) is 3. The van der Waals surface area contributed by atoms with Crippen LogP contribution in [0.5, 0.6) is 0 Å². The van der Waals surface area contributed by atoms with Crippen molar-refractivity contribution in [3.05, 3.63) is 0 Å². The van der Waals surface area contributed by atoms with Gasteiger partial charge in [0.2, 0.25) is 0 Å². The van der Waals surface area contributed by atoms with E-state index < -0.39 is 0 Å². The number of ether oxygens (including phenoxy) is 1. The third-order valence-electron chi connectivity index (χ3n) is 4.05. The molecule has 2 heterocycles. The van der Waals surface area contributed by atoms with Gasteiger partial charge in [0.05, 0.1) is 6.10 Å². The quantitative estimate of drug-likeness (QED) is 0.724. The summed E-state index contributed by atoms with van der Waals surface area (Å²) in [7, 11) is 1.84. The second-order valence-electron chi connectivity index (χ2n) is 5.18. The van der Waals surface area contributed by atoms with E-state index in [1.165, 1.54) is 71.4 Å². The van der Waals surface area contributed by atoms with Crippen LogP contribution in [0, 0.1) is 0 Å². The molecule has 2 rings (SSSR count). The Bertz CT molecular complexity index is 184. The predicted molar refractivity (Wildman–Crippen MR) is 66.8 cm³/mol. The molecule has 2 aliphatic heterocycles. The summed E-state index contributed by atoms with van der Waals surface area (Å²) in [6, 6.07) is 0. The lowest BCUT2D eigenvalue weighted by atomic mass is 10.1. The van der Waals surface area contributed by atoms with Crippen molar-refractivity contribution >= 4 is 0 Å². The molecule has 2 fully saturated rings. The minimum absolute atomic E-state index is 0.520. The van der Waals surface area contributed by atoms with Gasteiger partial charge in [-0.1, -0.05) is 6.42 Å². The fourth-order valence-corrected chi connectivity index (χ4v) is 2.83. The molecule has 0 bridgehead atoms. The molecular weight excluding hydrogens is 200 g/mol. The fourth-order valence-electron chi connectivity index (χ4n) is 2.83. The fraction of sp³-hybridized carbons (Fsp3) is 1.00. The lowest BCUT2D eigenvalue weighted by Crippen LogP contribution is -2.42. The van der Waals surface area contributed by atoms with Gasteiger partial charge in [-0.25, -0.2) is 0 Å². The van der Waals surface area contributed by atoms with Crippen molar-refractivity contribution in [2.45, 2.75) is 38.2 Å². The van der Waals surface area contributed by atoms with Crippen LogP contribution in [0.15, 0.2) is 0 Å². The Morgan fingerprint density at radius 3 is 2.00 bits per heavy atom. The molecule has 16 heavy (non-hydrogen) atoms. The largest absolute Gasteiger partial charge is 0.381 e. The summed E-state index contributed by atoms with van der Waals surface area (Å²) < 4.78 is 5.40. The second kappa shape index (κ2) is 6.58. The van der Waals surface area contributed by atoms with Gasteiger partial charge in [-0.3, -0.25) is 0 Å². The first-order valence-corrected chi connectivity index (χ1v) is 6.86. The van der Waals surface area contributed by atoms with Crippen LogP contribution in [0.1, 0.15) is 32.1 Å². The van der Waals surface area contributed by atoms with E-state index in [9.17, 15) is 0 Å². The van der Waals surface area contributed by atoms with E-state index in [0.717, 1.165) is 0 Å². The number of methoxy groups -OCH3 is 1.